The van der Waals surface area contributed by atoms with E-state index in [0.29, 0.717) is 30.5 Å². The lowest BCUT2D eigenvalue weighted by molar-refractivity contribution is -0.117. The molecule has 2 aliphatic rings. The van der Waals surface area contributed by atoms with E-state index < -0.39 is 0 Å². The molecule has 2 saturated heterocycles. The maximum atomic E-state index is 12.3. The van der Waals surface area contributed by atoms with Gasteiger partial charge in [-0.3, -0.25) is 4.79 Å². The van der Waals surface area contributed by atoms with Gasteiger partial charge in [-0.25, -0.2) is 4.79 Å². The van der Waals surface area contributed by atoms with Gasteiger partial charge >= 0.3 is 6.03 Å². The lowest BCUT2D eigenvalue weighted by atomic mass is 9.85. The average Bonchev–Trinajstić information content (AvgIpc) is 3.22. The van der Waals surface area contributed by atoms with Crippen molar-refractivity contribution in [2.24, 2.45) is 11.8 Å². The lowest BCUT2D eigenvalue weighted by Crippen LogP contribution is -2.35. The van der Waals surface area contributed by atoms with Crippen LogP contribution in [0.15, 0.2) is 24.3 Å². The third kappa shape index (κ3) is 6.49. The number of hydrogen-bond acceptors (Lipinski definition) is 4. The van der Waals surface area contributed by atoms with Gasteiger partial charge in [0.05, 0.1) is 6.10 Å². The molecular formula is C21H32N4O3. The van der Waals surface area contributed by atoms with E-state index in [-0.39, 0.29) is 18.0 Å². The van der Waals surface area contributed by atoms with Gasteiger partial charge in [-0.05, 0) is 74.9 Å². The third-order valence-corrected chi connectivity index (χ3v) is 5.59. The maximum absolute atomic E-state index is 12.3. The predicted octanol–water partition coefficient (Wildman–Crippen LogP) is 2.95. The summed E-state index contributed by atoms with van der Waals surface area (Å²) in [5, 5.41) is 12.0. The van der Waals surface area contributed by atoms with Crippen LogP contribution in [-0.2, 0) is 9.53 Å². The molecular weight excluding hydrogens is 356 g/mol. The van der Waals surface area contributed by atoms with Gasteiger partial charge in [-0.1, -0.05) is 6.92 Å². The van der Waals surface area contributed by atoms with Gasteiger partial charge in [0.1, 0.15) is 0 Å². The maximum Gasteiger partial charge on any atom is 0.319 e. The Morgan fingerprint density at radius 3 is 2.54 bits per heavy atom. The number of benzene rings is 1. The number of anilines is 2. The minimum absolute atomic E-state index is 0.0353. The summed E-state index contributed by atoms with van der Waals surface area (Å²) in [5.74, 6) is 0.966. The van der Waals surface area contributed by atoms with Gasteiger partial charge in [-0.2, -0.15) is 0 Å². The number of carbonyl (C=O) groups is 2. The van der Waals surface area contributed by atoms with Crippen LogP contribution in [0.4, 0.5) is 16.2 Å². The Hall–Kier alpha value is -2.12. The summed E-state index contributed by atoms with van der Waals surface area (Å²) in [4.78, 5) is 24.3. The van der Waals surface area contributed by atoms with Crippen molar-refractivity contribution in [2.45, 2.75) is 45.1 Å². The molecule has 0 aromatic heterocycles. The van der Waals surface area contributed by atoms with E-state index in [0.717, 1.165) is 38.2 Å². The second-order valence-corrected chi connectivity index (χ2v) is 7.88. The quantitative estimate of drug-likeness (QED) is 0.578. The molecule has 1 aromatic carbocycles. The number of urea groups is 1. The van der Waals surface area contributed by atoms with Crippen LogP contribution in [0, 0.1) is 11.8 Å². The van der Waals surface area contributed by atoms with E-state index in [1.54, 1.807) is 24.3 Å². The highest BCUT2D eigenvalue weighted by Gasteiger charge is 2.22. The Balaban J connectivity index is 1.39. The molecule has 3 amide bonds. The van der Waals surface area contributed by atoms with Crippen LogP contribution in [0.25, 0.3) is 0 Å². The van der Waals surface area contributed by atoms with Gasteiger partial charge in [0, 0.05) is 30.9 Å². The standard InChI is InChI=1S/C21H32N4O3/c1-15(16-4-2-10-22-13-16)12-20(26)24-17-6-8-18(9-7-17)25-21(27)23-14-19-5-3-11-28-19/h6-9,15-16,19,22H,2-5,10-14H2,1H3,(H,24,26)(H2,23,25,27). The summed E-state index contributed by atoms with van der Waals surface area (Å²) in [7, 11) is 0. The van der Waals surface area contributed by atoms with Gasteiger partial charge in [-0.15, -0.1) is 0 Å². The lowest BCUT2D eigenvalue weighted by Gasteiger charge is -2.28. The van der Waals surface area contributed by atoms with Crippen LogP contribution in [0.1, 0.15) is 39.0 Å². The molecule has 7 heteroatoms. The molecule has 28 heavy (non-hydrogen) atoms. The van der Waals surface area contributed by atoms with Crippen molar-refractivity contribution >= 4 is 23.3 Å². The molecule has 4 N–H and O–H groups in total. The number of ether oxygens (including phenoxy) is 1. The van der Waals surface area contributed by atoms with E-state index in [2.05, 4.69) is 28.2 Å². The Morgan fingerprint density at radius 1 is 1.14 bits per heavy atom. The molecule has 0 bridgehead atoms. The first-order valence-electron chi connectivity index (χ1n) is 10.4. The summed E-state index contributed by atoms with van der Waals surface area (Å²) in [6, 6.07) is 6.94. The van der Waals surface area contributed by atoms with E-state index in [9.17, 15) is 9.59 Å². The smallest absolute Gasteiger partial charge is 0.319 e. The molecule has 2 fully saturated rings. The van der Waals surface area contributed by atoms with E-state index in [1.807, 2.05) is 0 Å². The summed E-state index contributed by atoms with van der Waals surface area (Å²) in [5.41, 5.74) is 1.42. The van der Waals surface area contributed by atoms with Crippen molar-refractivity contribution in [3.63, 3.8) is 0 Å². The molecule has 3 rings (SSSR count). The Bertz CT molecular complexity index is 638. The fourth-order valence-corrected chi connectivity index (χ4v) is 3.86. The topological polar surface area (TPSA) is 91.5 Å². The Morgan fingerprint density at radius 2 is 1.89 bits per heavy atom. The van der Waals surface area contributed by atoms with Crippen molar-refractivity contribution in [1.29, 1.82) is 0 Å². The minimum Gasteiger partial charge on any atom is -0.376 e. The van der Waals surface area contributed by atoms with Crippen LogP contribution < -0.4 is 21.3 Å². The summed E-state index contributed by atoms with van der Waals surface area (Å²) < 4.78 is 5.49. The number of nitrogens with one attached hydrogen (secondary N) is 4. The molecule has 0 saturated carbocycles. The van der Waals surface area contributed by atoms with Crippen LogP contribution >= 0.6 is 0 Å². The molecule has 1 aromatic rings. The monoisotopic (exact) mass is 388 g/mol. The third-order valence-electron chi connectivity index (χ3n) is 5.59. The number of amides is 3. The summed E-state index contributed by atoms with van der Waals surface area (Å²) in [6.45, 7) is 5.54. The number of rotatable bonds is 7. The minimum atomic E-state index is -0.248. The molecule has 0 spiro atoms. The second kappa shape index (κ2) is 10.4. The summed E-state index contributed by atoms with van der Waals surface area (Å²) in [6.07, 6.45) is 5.07. The van der Waals surface area contributed by atoms with Crippen molar-refractivity contribution in [3.05, 3.63) is 24.3 Å². The van der Waals surface area contributed by atoms with E-state index >= 15 is 0 Å². The van der Waals surface area contributed by atoms with Gasteiger partial charge in [0.25, 0.3) is 0 Å². The highest BCUT2D eigenvalue weighted by atomic mass is 16.5. The predicted molar refractivity (Wildman–Crippen MR) is 110 cm³/mol. The van der Waals surface area contributed by atoms with E-state index in [1.165, 1.54) is 12.8 Å². The number of carbonyl (C=O) groups excluding carboxylic acids is 2. The second-order valence-electron chi connectivity index (χ2n) is 7.88. The number of hydrogen-bond donors (Lipinski definition) is 4. The molecule has 3 atom stereocenters. The van der Waals surface area contributed by atoms with Gasteiger partial charge in [0.2, 0.25) is 5.91 Å². The zero-order valence-electron chi connectivity index (χ0n) is 16.6. The highest BCUT2D eigenvalue weighted by Crippen LogP contribution is 2.23. The molecule has 154 valence electrons. The zero-order valence-corrected chi connectivity index (χ0v) is 16.6. The first-order chi connectivity index (χ1) is 13.6. The van der Waals surface area contributed by atoms with Crippen LogP contribution in [0.3, 0.4) is 0 Å². The van der Waals surface area contributed by atoms with Crippen LogP contribution in [0.2, 0.25) is 0 Å². The number of piperidine rings is 1. The van der Waals surface area contributed by atoms with Crippen molar-refractivity contribution in [3.8, 4) is 0 Å². The van der Waals surface area contributed by atoms with Crippen molar-refractivity contribution in [2.75, 3.05) is 36.9 Å². The Labute approximate surface area is 167 Å². The molecule has 0 radical (unpaired) electrons. The first-order valence-corrected chi connectivity index (χ1v) is 10.4. The fourth-order valence-electron chi connectivity index (χ4n) is 3.86. The first kappa shape index (κ1) is 20.6. The highest BCUT2D eigenvalue weighted by molar-refractivity contribution is 5.92. The molecule has 2 heterocycles. The van der Waals surface area contributed by atoms with Gasteiger partial charge < -0.3 is 26.0 Å². The van der Waals surface area contributed by atoms with E-state index in [4.69, 9.17) is 4.74 Å². The van der Waals surface area contributed by atoms with Crippen molar-refractivity contribution < 1.29 is 14.3 Å². The molecule has 2 aliphatic heterocycles. The molecule has 0 aliphatic carbocycles. The largest absolute Gasteiger partial charge is 0.376 e. The zero-order chi connectivity index (χ0) is 19.8. The van der Waals surface area contributed by atoms with Crippen LogP contribution in [0.5, 0.6) is 0 Å². The Kier molecular flexibility index (Phi) is 7.68. The molecule has 7 nitrogen and oxygen atoms in total. The van der Waals surface area contributed by atoms with Crippen molar-refractivity contribution in [1.82, 2.24) is 10.6 Å². The SMILES string of the molecule is CC(CC(=O)Nc1ccc(NC(=O)NCC2CCCO2)cc1)C1CCCNC1. The average molecular weight is 389 g/mol. The van der Waals surface area contributed by atoms with Gasteiger partial charge in [0.15, 0.2) is 0 Å². The van der Waals surface area contributed by atoms with Crippen LogP contribution in [-0.4, -0.2) is 44.3 Å². The molecule has 3 unspecified atom stereocenters. The fraction of sp³-hybridized carbons (Fsp3) is 0.619. The summed E-state index contributed by atoms with van der Waals surface area (Å²) >= 11 is 0. The normalized spacial score (nSPS) is 23.0.